The molecule has 0 aromatic carbocycles. The minimum absolute atomic E-state index is 0.00701. The van der Waals surface area contributed by atoms with Crippen molar-refractivity contribution in [2.24, 2.45) is 0 Å². The molecule has 0 unspecified atom stereocenters. The first-order valence-corrected chi connectivity index (χ1v) is 5.46. The van der Waals surface area contributed by atoms with Gasteiger partial charge in [0.25, 0.3) is 0 Å². The van der Waals surface area contributed by atoms with Crippen LogP contribution in [0.1, 0.15) is 11.4 Å². The number of hydrogen-bond acceptors (Lipinski definition) is 13. The predicted molar refractivity (Wildman–Crippen MR) is 60.4 cm³/mol. The summed E-state index contributed by atoms with van der Waals surface area (Å²) in [5.41, 5.74) is 11.6. The van der Waals surface area contributed by atoms with Crippen molar-refractivity contribution in [3.8, 4) is 11.8 Å². The summed E-state index contributed by atoms with van der Waals surface area (Å²) >= 11 is 0. The minimum atomic E-state index is -0.0481. The van der Waals surface area contributed by atoms with Crippen LogP contribution in [0.3, 0.4) is 0 Å². The number of aromatic nitrogens is 6. The number of hydrogen-bond donors (Lipinski definition) is 2. The van der Waals surface area contributed by atoms with Crippen molar-refractivity contribution < 1.29 is 23.4 Å². The molecule has 0 aliphatic heterocycles. The zero-order valence-electron chi connectivity index (χ0n) is 10.3. The Hall–Kier alpha value is -3.38. The SMILES string of the molecule is Nc1nonc1COc1nonc1OCc1nonc1N. The Morgan fingerprint density at radius 1 is 0.667 bits per heavy atom. The summed E-state index contributed by atoms with van der Waals surface area (Å²) in [7, 11) is 0. The highest BCUT2D eigenvalue weighted by Crippen LogP contribution is 2.24. The standard InChI is InChI=1S/C8H8N8O5/c9-5-3(11-19-13-5)1-17-7-8(16-21-15-7)18-2-4-6(10)14-20-12-4/h1-2H2,(H2,9,13)(H2,10,14). The van der Waals surface area contributed by atoms with Gasteiger partial charge in [0.1, 0.15) is 13.2 Å². The van der Waals surface area contributed by atoms with Crippen molar-refractivity contribution >= 4 is 11.6 Å². The fraction of sp³-hybridized carbons (Fsp3) is 0.250. The average Bonchev–Trinajstić information content (AvgIpc) is 3.17. The number of nitrogens with two attached hydrogens (primary N) is 2. The summed E-state index contributed by atoms with van der Waals surface area (Å²) in [6.45, 7) is -0.0961. The van der Waals surface area contributed by atoms with Gasteiger partial charge in [0.15, 0.2) is 23.0 Å². The summed E-state index contributed by atoms with van der Waals surface area (Å²) in [6, 6.07) is 0. The molecule has 0 fully saturated rings. The zero-order chi connectivity index (χ0) is 14.7. The lowest BCUT2D eigenvalue weighted by Crippen LogP contribution is -2.03. The van der Waals surface area contributed by atoms with Gasteiger partial charge in [0.2, 0.25) is 0 Å². The largest absolute Gasteiger partial charge is 0.465 e. The molecule has 4 N–H and O–H groups in total. The highest BCUT2D eigenvalue weighted by molar-refractivity contribution is 5.32. The van der Waals surface area contributed by atoms with Gasteiger partial charge in [-0.1, -0.05) is 0 Å². The van der Waals surface area contributed by atoms with Crippen molar-refractivity contribution in [2.45, 2.75) is 13.2 Å². The lowest BCUT2D eigenvalue weighted by Gasteiger charge is -2.02. The monoisotopic (exact) mass is 296 g/mol. The maximum Gasteiger partial charge on any atom is 0.320 e. The minimum Gasteiger partial charge on any atom is -0.465 e. The number of anilines is 2. The van der Waals surface area contributed by atoms with Gasteiger partial charge in [-0.2, -0.15) is 0 Å². The van der Waals surface area contributed by atoms with E-state index >= 15 is 0 Å². The van der Waals surface area contributed by atoms with Crippen LogP contribution < -0.4 is 20.9 Å². The Labute approximate surface area is 115 Å². The Kier molecular flexibility index (Phi) is 3.20. The molecule has 13 nitrogen and oxygen atoms in total. The normalized spacial score (nSPS) is 10.7. The lowest BCUT2D eigenvalue weighted by atomic mass is 10.4. The molecule has 0 saturated heterocycles. The van der Waals surface area contributed by atoms with Crippen LogP contribution >= 0.6 is 0 Å². The maximum atomic E-state index is 5.48. The lowest BCUT2D eigenvalue weighted by molar-refractivity contribution is 0.229. The topological polar surface area (TPSA) is 187 Å². The third kappa shape index (κ3) is 2.65. The Morgan fingerprint density at radius 2 is 1.10 bits per heavy atom. The second-order valence-corrected chi connectivity index (χ2v) is 3.64. The molecule has 21 heavy (non-hydrogen) atoms. The maximum absolute atomic E-state index is 5.48. The Morgan fingerprint density at radius 3 is 1.48 bits per heavy atom. The molecule has 0 radical (unpaired) electrons. The highest BCUT2D eigenvalue weighted by atomic mass is 16.6. The van der Waals surface area contributed by atoms with Gasteiger partial charge in [-0.05, 0) is 30.9 Å². The van der Waals surface area contributed by atoms with Crippen molar-refractivity contribution in [1.29, 1.82) is 0 Å². The first-order valence-electron chi connectivity index (χ1n) is 5.46. The van der Waals surface area contributed by atoms with Gasteiger partial charge < -0.3 is 20.9 Å². The molecule has 13 heteroatoms. The molecule has 0 amide bonds. The number of rotatable bonds is 6. The smallest absolute Gasteiger partial charge is 0.320 e. The quantitative estimate of drug-likeness (QED) is 0.573. The molecule has 3 heterocycles. The van der Waals surface area contributed by atoms with Gasteiger partial charge in [0.05, 0.1) is 0 Å². The van der Waals surface area contributed by atoms with E-state index in [9.17, 15) is 0 Å². The summed E-state index contributed by atoms with van der Waals surface area (Å²) in [5.74, 6) is 0.200. The number of ether oxygens (including phenoxy) is 2. The van der Waals surface area contributed by atoms with Crippen molar-refractivity contribution in [3.63, 3.8) is 0 Å². The molecule has 0 aliphatic rings. The third-order valence-corrected chi connectivity index (χ3v) is 2.29. The van der Waals surface area contributed by atoms with E-state index in [1.54, 1.807) is 0 Å². The van der Waals surface area contributed by atoms with Crippen molar-refractivity contribution in [3.05, 3.63) is 11.4 Å². The third-order valence-electron chi connectivity index (χ3n) is 2.29. The van der Waals surface area contributed by atoms with E-state index in [0.717, 1.165) is 0 Å². The molecule has 0 atom stereocenters. The summed E-state index contributed by atoms with van der Waals surface area (Å²) in [5, 5.41) is 20.9. The van der Waals surface area contributed by atoms with Crippen LogP contribution in [0, 0.1) is 0 Å². The Bertz CT molecular complexity index is 661. The predicted octanol–water partition coefficient (Wildman–Crippen LogP) is -0.842. The van der Waals surface area contributed by atoms with E-state index in [2.05, 4.69) is 44.8 Å². The van der Waals surface area contributed by atoms with Crippen LogP contribution in [0.5, 0.6) is 11.8 Å². The number of nitrogens with zero attached hydrogens (tertiary/aromatic N) is 6. The van der Waals surface area contributed by atoms with Gasteiger partial charge >= 0.3 is 11.8 Å². The first-order chi connectivity index (χ1) is 10.2. The zero-order valence-corrected chi connectivity index (χ0v) is 10.3. The summed E-state index contributed by atoms with van der Waals surface area (Å²) in [6.07, 6.45) is 0. The molecular weight excluding hydrogens is 288 g/mol. The molecule has 0 aliphatic carbocycles. The summed E-state index contributed by atoms with van der Waals surface area (Å²) in [4.78, 5) is 0. The average molecular weight is 296 g/mol. The molecule has 0 spiro atoms. The van der Waals surface area contributed by atoms with Crippen molar-refractivity contribution in [1.82, 2.24) is 30.9 Å². The van der Waals surface area contributed by atoms with Gasteiger partial charge in [-0.15, -0.1) is 0 Å². The van der Waals surface area contributed by atoms with Crippen LogP contribution in [-0.4, -0.2) is 30.9 Å². The highest BCUT2D eigenvalue weighted by Gasteiger charge is 2.17. The van der Waals surface area contributed by atoms with E-state index in [1.807, 2.05) is 0 Å². The van der Waals surface area contributed by atoms with E-state index in [4.69, 9.17) is 20.9 Å². The van der Waals surface area contributed by atoms with Crippen molar-refractivity contribution in [2.75, 3.05) is 11.5 Å². The van der Waals surface area contributed by atoms with Gasteiger partial charge in [-0.3, -0.25) is 0 Å². The molecule has 0 saturated carbocycles. The molecule has 3 rings (SSSR count). The van der Waals surface area contributed by atoms with Crippen LogP contribution in [0.25, 0.3) is 0 Å². The molecular formula is C8H8N8O5. The first kappa shape index (κ1) is 12.6. The van der Waals surface area contributed by atoms with Crippen LogP contribution in [-0.2, 0) is 13.2 Å². The molecule has 3 aromatic heterocycles. The van der Waals surface area contributed by atoms with Crippen LogP contribution in [0.15, 0.2) is 13.9 Å². The van der Waals surface area contributed by atoms with Crippen LogP contribution in [0.2, 0.25) is 0 Å². The van der Waals surface area contributed by atoms with E-state index in [-0.39, 0.29) is 36.6 Å². The van der Waals surface area contributed by atoms with E-state index < -0.39 is 0 Å². The van der Waals surface area contributed by atoms with Crippen LogP contribution in [0.4, 0.5) is 11.6 Å². The molecule has 110 valence electrons. The molecule has 3 aromatic rings. The Balaban J connectivity index is 1.61. The van der Waals surface area contributed by atoms with Gasteiger partial charge in [0, 0.05) is 0 Å². The molecule has 0 bridgehead atoms. The van der Waals surface area contributed by atoms with E-state index in [0.29, 0.717) is 11.4 Å². The van der Waals surface area contributed by atoms with Gasteiger partial charge in [-0.25, -0.2) is 13.9 Å². The summed E-state index contributed by atoms with van der Waals surface area (Å²) < 4.78 is 23.9. The number of nitrogen functional groups attached to an aromatic ring is 2. The second kappa shape index (κ2) is 5.32. The van der Waals surface area contributed by atoms with E-state index in [1.165, 1.54) is 0 Å². The second-order valence-electron chi connectivity index (χ2n) is 3.64. The fourth-order valence-corrected chi connectivity index (χ4v) is 1.25. The fourth-order valence-electron chi connectivity index (χ4n) is 1.25.